The Labute approximate surface area is 126 Å². The Bertz CT molecular complexity index is 391. The first-order valence-corrected chi connectivity index (χ1v) is 7.16. The molecule has 1 atom stereocenters. The molecule has 2 aliphatic rings. The summed E-state index contributed by atoms with van der Waals surface area (Å²) in [6, 6.07) is 4.08. The third-order valence-corrected chi connectivity index (χ3v) is 3.94. The van der Waals surface area contributed by atoms with Gasteiger partial charge in [0.2, 0.25) is 0 Å². The molecule has 0 bridgehead atoms. The van der Waals surface area contributed by atoms with E-state index in [-0.39, 0.29) is 18.1 Å². The minimum absolute atomic E-state index is 0. The van der Waals surface area contributed by atoms with Crippen molar-refractivity contribution in [2.75, 3.05) is 32.8 Å². The Kier molecular flexibility index (Phi) is 5.74. The van der Waals surface area contributed by atoms with Gasteiger partial charge in [-0.25, -0.2) is 0 Å². The van der Waals surface area contributed by atoms with E-state index in [2.05, 4.69) is 26.7 Å². The van der Waals surface area contributed by atoms with Crippen LogP contribution in [0.25, 0.3) is 0 Å². The molecule has 112 valence electrons. The second kappa shape index (κ2) is 7.33. The SMILES string of the molecule is Cl.c1cncc(C2(CN3CCCCC3)NCCON2)c1. The van der Waals surface area contributed by atoms with Gasteiger partial charge in [0, 0.05) is 31.0 Å². The zero-order valence-electron chi connectivity index (χ0n) is 11.7. The van der Waals surface area contributed by atoms with Crippen LogP contribution in [-0.4, -0.2) is 42.7 Å². The maximum Gasteiger partial charge on any atom is 0.132 e. The predicted molar refractivity (Wildman–Crippen MR) is 80.5 cm³/mol. The second-order valence-electron chi connectivity index (χ2n) is 5.36. The highest BCUT2D eigenvalue weighted by Gasteiger charge is 2.36. The lowest BCUT2D eigenvalue weighted by atomic mass is 9.99. The summed E-state index contributed by atoms with van der Waals surface area (Å²) in [6.07, 6.45) is 7.67. The van der Waals surface area contributed by atoms with Gasteiger partial charge in [0.15, 0.2) is 0 Å². The molecule has 2 saturated heterocycles. The number of piperidine rings is 1. The summed E-state index contributed by atoms with van der Waals surface area (Å²) in [5, 5.41) is 3.58. The van der Waals surface area contributed by atoms with Crippen LogP contribution in [0.4, 0.5) is 0 Å². The van der Waals surface area contributed by atoms with Crippen LogP contribution in [0.15, 0.2) is 24.5 Å². The van der Waals surface area contributed by atoms with Gasteiger partial charge in [0.05, 0.1) is 6.61 Å². The number of hydroxylamine groups is 1. The van der Waals surface area contributed by atoms with E-state index in [0.29, 0.717) is 6.61 Å². The zero-order valence-corrected chi connectivity index (χ0v) is 12.5. The van der Waals surface area contributed by atoms with Crippen molar-refractivity contribution >= 4 is 12.4 Å². The van der Waals surface area contributed by atoms with Crippen LogP contribution in [0.1, 0.15) is 24.8 Å². The van der Waals surface area contributed by atoms with Crippen molar-refractivity contribution in [3.05, 3.63) is 30.1 Å². The third kappa shape index (κ3) is 3.48. The van der Waals surface area contributed by atoms with Crippen molar-refractivity contribution in [1.29, 1.82) is 0 Å². The van der Waals surface area contributed by atoms with Gasteiger partial charge >= 0.3 is 0 Å². The van der Waals surface area contributed by atoms with E-state index >= 15 is 0 Å². The molecule has 1 aromatic rings. The standard InChI is InChI=1S/C14H22N4O.ClH/c1-2-8-18(9-3-1)12-14(16-7-10-19-17-14)13-5-4-6-15-11-13;/h4-6,11,16-17H,1-3,7-10,12H2;1H. The molecule has 2 aliphatic heterocycles. The Hall–Kier alpha value is -0.720. The first-order chi connectivity index (χ1) is 9.39. The summed E-state index contributed by atoms with van der Waals surface area (Å²) in [5.41, 5.74) is 4.01. The molecule has 0 radical (unpaired) electrons. The van der Waals surface area contributed by atoms with Crippen molar-refractivity contribution in [3.8, 4) is 0 Å². The van der Waals surface area contributed by atoms with Crippen LogP contribution in [-0.2, 0) is 10.5 Å². The van der Waals surface area contributed by atoms with Crippen LogP contribution in [0.2, 0.25) is 0 Å². The predicted octanol–water partition coefficient (Wildman–Crippen LogP) is 1.27. The highest BCUT2D eigenvalue weighted by atomic mass is 35.5. The van der Waals surface area contributed by atoms with Crippen LogP contribution in [0, 0.1) is 0 Å². The fraction of sp³-hybridized carbons (Fsp3) is 0.643. The summed E-state index contributed by atoms with van der Waals surface area (Å²) < 4.78 is 0. The van der Waals surface area contributed by atoms with Gasteiger partial charge in [0.25, 0.3) is 0 Å². The summed E-state index contributed by atoms with van der Waals surface area (Å²) in [6.45, 7) is 4.81. The molecule has 1 aromatic heterocycles. The molecule has 1 unspecified atom stereocenters. The highest BCUT2D eigenvalue weighted by molar-refractivity contribution is 5.85. The summed E-state index contributed by atoms with van der Waals surface area (Å²) in [5.74, 6) is 0. The number of nitrogens with one attached hydrogen (secondary N) is 2. The summed E-state index contributed by atoms with van der Waals surface area (Å²) in [4.78, 5) is 12.3. The van der Waals surface area contributed by atoms with Crippen LogP contribution in [0.5, 0.6) is 0 Å². The first-order valence-electron chi connectivity index (χ1n) is 7.16. The smallest absolute Gasteiger partial charge is 0.132 e. The number of hydrogen-bond donors (Lipinski definition) is 2. The van der Waals surface area contributed by atoms with Crippen LogP contribution < -0.4 is 10.8 Å². The Balaban J connectivity index is 0.00000147. The van der Waals surface area contributed by atoms with Gasteiger partial charge in [-0.1, -0.05) is 12.5 Å². The molecule has 20 heavy (non-hydrogen) atoms. The average molecular weight is 299 g/mol. The highest BCUT2D eigenvalue weighted by Crippen LogP contribution is 2.22. The van der Waals surface area contributed by atoms with Gasteiger partial charge in [-0.3, -0.25) is 20.0 Å². The van der Waals surface area contributed by atoms with E-state index in [0.717, 1.165) is 18.7 Å². The van der Waals surface area contributed by atoms with E-state index in [9.17, 15) is 0 Å². The fourth-order valence-corrected chi connectivity index (χ4v) is 2.93. The van der Waals surface area contributed by atoms with E-state index < -0.39 is 0 Å². The number of aromatic nitrogens is 1. The lowest BCUT2D eigenvalue weighted by molar-refractivity contribution is -0.0875. The van der Waals surface area contributed by atoms with Gasteiger partial charge in [-0.05, 0) is 32.0 Å². The number of nitrogens with zero attached hydrogens (tertiary/aromatic N) is 2. The molecule has 6 heteroatoms. The largest absolute Gasteiger partial charge is 0.300 e. The molecule has 3 heterocycles. The molecule has 0 spiro atoms. The van der Waals surface area contributed by atoms with Gasteiger partial charge < -0.3 is 0 Å². The molecule has 2 N–H and O–H groups in total. The number of pyridine rings is 1. The average Bonchev–Trinajstić information content (AvgIpc) is 2.50. The van der Waals surface area contributed by atoms with Crippen molar-refractivity contribution in [3.63, 3.8) is 0 Å². The van der Waals surface area contributed by atoms with Crippen molar-refractivity contribution in [1.82, 2.24) is 20.7 Å². The molecular weight excluding hydrogens is 276 g/mol. The first kappa shape index (κ1) is 15.7. The van der Waals surface area contributed by atoms with Gasteiger partial charge in [-0.15, -0.1) is 12.4 Å². The quantitative estimate of drug-likeness (QED) is 0.880. The summed E-state index contributed by atoms with van der Waals surface area (Å²) >= 11 is 0. The maximum absolute atomic E-state index is 5.51. The molecule has 2 fully saturated rings. The molecular formula is C14H23ClN4O. The molecule has 0 saturated carbocycles. The number of hydrogen-bond acceptors (Lipinski definition) is 5. The fourth-order valence-electron chi connectivity index (χ4n) is 2.93. The topological polar surface area (TPSA) is 49.4 Å². The lowest BCUT2D eigenvalue weighted by Crippen LogP contribution is -2.64. The number of likely N-dealkylation sites (tertiary alicyclic amines) is 1. The Morgan fingerprint density at radius 2 is 2.15 bits per heavy atom. The molecule has 0 amide bonds. The van der Waals surface area contributed by atoms with Crippen LogP contribution >= 0.6 is 12.4 Å². The summed E-state index contributed by atoms with van der Waals surface area (Å²) in [7, 11) is 0. The minimum atomic E-state index is -0.330. The maximum atomic E-state index is 5.51. The zero-order chi connectivity index (χ0) is 13.0. The molecule has 5 nitrogen and oxygen atoms in total. The van der Waals surface area contributed by atoms with Gasteiger partial charge in [0.1, 0.15) is 5.66 Å². The van der Waals surface area contributed by atoms with E-state index in [4.69, 9.17) is 4.84 Å². The lowest BCUT2D eigenvalue weighted by Gasteiger charge is -2.43. The second-order valence-corrected chi connectivity index (χ2v) is 5.36. The number of rotatable bonds is 3. The Morgan fingerprint density at radius 3 is 2.80 bits per heavy atom. The van der Waals surface area contributed by atoms with Crippen molar-refractivity contribution in [2.24, 2.45) is 0 Å². The van der Waals surface area contributed by atoms with Crippen molar-refractivity contribution < 1.29 is 4.84 Å². The van der Waals surface area contributed by atoms with E-state index in [1.165, 1.54) is 32.4 Å². The van der Waals surface area contributed by atoms with E-state index in [1.807, 2.05) is 18.5 Å². The van der Waals surface area contributed by atoms with Crippen molar-refractivity contribution in [2.45, 2.75) is 24.9 Å². The Morgan fingerprint density at radius 1 is 1.30 bits per heavy atom. The minimum Gasteiger partial charge on any atom is -0.300 e. The number of halogens is 1. The van der Waals surface area contributed by atoms with Gasteiger partial charge in [-0.2, -0.15) is 5.48 Å². The van der Waals surface area contributed by atoms with E-state index in [1.54, 1.807) is 0 Å². The van der Waals surface area contributed by atoms with Crippen LogP contribution in [0.3, 0.4) is 0 Å². The molecule has 0 aromatic carbocycles. The third-order valence-electron chi connectivity index (χ3n) is 3.94. The monoisotopic (exact) mass is 298 g/mol. The molecule has 3 rings (SSSR count). The molecule has 0 aliphatic carbocycles. The normalized spacial score (nSPS) is 27.8.